The summed E-state index contributed by atoms with van der Waals surface area (Å²) in [6.07, 6.45) is 3.22. The normalized spacial score (nSPS) is 18.2. The number of amides is 3. The monoisotopic (exact) mass is 692 g/mol. The average Bonchev–Trinajstić information content (AvgIpc) is 3.84. The Hall–Kier alpha value is -3.80. The van der Waals surface area contributed by atoms with Crippen LogP contribution in [0.5, 0.6) is 0 Å². The summed E-state index contributed by atoms with van der Waals surface area (Å²) in [6.45, 7) is 6.69. The van der Waals surface area contributed by atoms with E-state index in [2.05, 4.69) is 24.1 Å². The highest BCUT2D eigenvalue weighted by atomic mass is 32.1. The van der Waals surface area contributed by atoms with Crippen molar-refractivity contribution < 1.29 is 28.6 Å². The van der Waals surface area contributed by atoms with Crippen molar-refractivity contribution in [2.45, 2.75) is 89.8 Å². The maximum absolute atomic E-state index is 14.0. The number of nitrogens with zero attached hydrogens (tertiary/aromatic N) is 3. The molecular formula is C38H52N4O6S. The van der Waals surface area contributed by atoms with Crippen LogP contribution in [0.15, 0.2) is 72.2 Å². The van der Waals surface area contributed by atoms with Gasteiger partial charge in [-0.25, -0.2) is 9.78 Å². The summed E-state index contributed by atoms with van der Waals surface area (Å²) >= 11 is 1.51. The molecule has 0 bridgehead atoms. The number of methoxy groups -OCH3 is 2. The first kappa shape index (κ1) is 38.0. The first-order valence-electron chi connectivity index (χ1n) is 17.2. The van der Waals surface area contributed by atoms with Crippen molar-refractivity contribution in [3.8, 4) is 0 Å². The number of benzene rings is 2. The van der Waals surface area contributed by atoms with Gasteiger partial charge in [0.1, 0.15) is 11.6 Å². The highest BCUT2D eigenvalue weighted by molar-refractivity contribution is 7.09. The second-order valence-corrected chi connectivity index (χ2v) is 13.8. The van der Waals surface area contributed by atoms with Gasteiger partial charge in [0.15, 0.2) is 0 Å². The molecule has 4 rings (SSSR count). The summed E-state index contributed by atoms with van der Waals surface area (Å²) in [7, 11) is 4.89. The Morgan fingerprint density at radius 2 is 1.69 bits per heavy atom. The molecule has 10 nitrogen and oxygen atoms in total. The van der Waals surface area contributed by atoms with Crippen LogP contribution >= 0.6 is 11.3 Å². The van der Waals surface area contributed by atoms with E-state index in [1.54, 1.807) is 32.4 Å². The van der Waals surface area contributed by atoms with Crippen LogP contribution in [0.4, 0.5) is 4.79 Å². The van der Waals surface area contributed by atoms with Gasteiger partial charge < -0.3 is 29.3 Å². The molecule has 11 heteroatoms. The number of ether oxygens (including phenoxy) is 3. The number of nitrogens with one attached hydrogen (secondary N) is 1. The van der Waals surface area contributed by atoms with E-state index in [1.807, 2.05) is 77.9 Å². The van der Waals surface area contributed by atoms with Gasteiger partial charge in [-0.3, -0.25) is 9.59 Å². The van der Waals surface area contributed by atoms with Crippen LogP contribution in [0.25, 0.3) is 0 Å². The van der Waals surface area contributed by atoms with Gasteiger partial charge in [-0.1, -0.05) is 87.9 Å². The molecule has 3 amide bonds. The molecule has 1 saturated heterocycles. The molecule has 0 radical (unpaired) electrons. The zero-order chi connectivity index (χ0) is 35.3. The molecular weight excluding hydrogens is 641 g/mol. The van der Waals surface area contributed by atoms with E-state index in [-0.39, 0.29) is 42.8 Å². The van der Waals surface area contributed by atoms with E-state index in [0.717, 1.165) is 35.4 Å². The summed E-state index contributed by atoms with van der Waals surface area (Å²) in [5.74, 6) is -0.727. The maximum Gasteiger partial charge on any atom is 0.410 e. The van der Waals surface area contributed by atoms with Crippen LogP contribution in [0.3, 0.4) is 0 Å². The number of thiazole rings is 1. The van der Waals surface area contributed by atoms with Crippen molar-refractivity contribution in [1.29, 1.82) is 0 Å². The maximum atomic E-state index is 14.0. The van der Waals surface area contributed by atoms with Crippen molar-refractivity contribution in [2.24, 2.45) is 11.8 Å². The Balaban J connectivity index is 1.43. The smallest absolute Gasteiger partial charge is 0.410 e. The molecule has 1 aromatic heterocycles. The summed E-state index contributed by atoms with van der Waals surface area (Å²) < 4.78 is 17.6. The van der Waals surface area contributed by atoms with Crippen molar-refractivity contribution in [2.75, 3.05) is 27.8 Å². The zero-order valence-corrected chi connectivity index (χ0v) is 30.4. The van der Waals surface area contributed by atoms with Gasteiger partial charge in [0.05, 0.1) is 42.7 Å². The van der Waals surface area contributed by atoms with Crippen LogP contribution in [-0.4, -0.2) is 84.8 Å². The molecule has 7 atom stereocenters. The fraction of sp³-hybridized carbons (Fsp3) is 0.526. The summed E-state index contributed by atoms with van der Waals surface area (Å²) in [5.41, 5.74) is 2.00. The topological polar surface area (TPSA) is 110 Å². The SMILES string of the molecule is CC[C@H](C)[C@@H]([C@@H](CC(=O)N1CCC[C@H]1[C@H](OC)[C@@H](C)C(=O)N[C@@H](Cc1ccccc1)c1nccs1)OC)N(C)C(=O)OCc1ccccc1. The van der Waals surface area contributed by atoms with Crippen LogP contribution < -0.4 is 5.32 Å². The quantitative estimate of drug-likeness (QED) is 0.178. The molecule has 3 aromatic rings. The van der Waals surface area contributed by atoms with Crippen molar-refractivity contribution in [3.63, 3.8) is 0 Å². The number of hydrogen-bond acceptors (Lipinski definition) is 8. The largest absolute Gasteiger partial charge is 0.445 e. The molecule has 49 heavy (non-hydrogen) atoms. The first-order valence-corrected chi connectivity index (χ1v) is 18.1. The van der Waals surface area contributed by atoms with Gasteiger partial charge >= 0.3 is 6.09 Å². The standard InChI is InChI=1S/C38H52N4O6S/c1-7-26(2)34(41(4)38(45)48-25-29-17-12-9-13-18-29)32(46-5)24-33(43)42-21-14-19-31(42)35(47-6)27(3)36(44)40-30(37-39-20-22-49-37)23-28-15-10-8-11-16-28/h8-13,15-18,20,22,26-27,30-32,34-35H,7,14,19,21,23-25H2,1-6H3,(H,40,44)/t26-,27+,30-,31-,32+,34-,35+/m0/s1. The van der Waals surface area contributed by atoms with Crippen LogP contribution in [0.1, 0.15) is 68.6 Å². The van der Waals surface area contributed by atoms with Gasteiger partial charge in [-0.05, 0) is 36.3 Å². The van der Waals surface area contributed by atoms with Gasteiger partial charge in [-0.2, -0.15) is 0 Å². The lowest BCUT2D eigenvalue weighted by Crippen LogP contribution is -2.53. The summed E-state index contributed by atoms with van der Waals surface area (Å²) in [6, 6.07) is 18.6. The molecule has 0 unspecified atom stereocenters. The highest BCUT2D eigenvalue weighted by Crippen LogP contribution is 2.30. The van der Waals surface area contributed by atoms with Crippen molar-refractivity contribution in [3.05, 3.63) is 88.4 Å². The second-order valence-electron chi connectivity index (χ2n) is 12.9. The molecule has 266 valence electrons. The third kappa shape index (κ3) is 10.1. The van der Waals surface area contributed by atoms with E-state index < -0.39 is 30.3 Å². The van der Waals surface area contributed by atoms with E-state index in [0.29, 0.717) is 13.0 Å². The minimum atomic E-state index is -0.559. The Labute approximate surface area is 295 Å². The Morgan fingerprint density at radius 3 is 2.29 bits per heavy atom. The number of aromatic nitrogens is 1. The van der Waals surface area contributed by atoms with Gasteiger partial charge in [-0.15, -0.1) is 11.3 Å². The van der Waals surface area contributed by atoms with Crippen LogP contribution in [0.2, 0.25) is 0 Å². The number of likely N-dealkylation sites (N-methyl/N-ethyl adjacent to an activating group) is 1. The van der Waals surface area contributed by atoms with Gasteiger partial charge in [0.25, 0.3) is 0 Å². The molecule has 0 spiro atoms. The number of carbonyl (C=O) groups is 3. The number of rotatable bonds is 17. The molecule has 2 heterocycles. The van der Waals surface area contributed by atoms with Crippen LogP contribution in [-0.2, 0) is 36.8 Å². The summed E-state index contributed by atoms with van der Waals surface area (Å²) in [5, 5.41) is 5.97. The lowest BCUT2D eigenvalue weighted by molar-refractivity contribution is -0.143. The zero-order valence-electron chi connectivity index (χ0n) is 29.6. The van der Waals surface area contributed by atoms with Crippen LogP contribution in [0, 0.1) is 11.8 Å². The average molecular weight is 693 g/mol. The Kier molecular flexibility index (Phi) is 14.6. The Morgan fingerprint density at radius 1 is 1.02 bits per heavy atom. The minimum absolute atomic E-state index is 0.0403. The van der Waals surface area contributed by atoms with E-state index in [4.69, 9.17) is 14.2 Å². The van der Waals surface area contributed by atoms with Crippen molar-refractivity contribution >= 4 is 29.2 Å². The molecule has 0 saturated carbocycles. The van der Waals surface area contributed by atoms with Gasteiger partial charge in [0, 0.05) is 39.4 Å². The van der Waals surface area contributed by atoms with E-state index in [9.17, 15) is 14.4 Å². The number of likely N-dealkylation sites (tertiary alicyclic amines) is 1. The third-order valence-electron chi connectivity index (χ3n) is 9.75. The van der Waals surface area contributed by atoms with Gasteiger partial charge in [0.2, 0.25) is 11.8 Å². The molecule has 1 fully saturated rings. The fourth-order valence-corrected chi connectivity index (χ4v) is 7.55. The van der Waals surface area contributed by atoms with Crippen molar-refractivity contribution in [1.82, 2.24) is 20.1 Å². The molecule has 1 aliphatic rings. The number of carbonyl (C=O) groups excluding carboxylic acids is 3. The Bertz CT molecular complexity index is 1440. The molecule has 1 N–H and O–H groups in total. The predicted molar refractivity (Wildman–Crippen MR) is 191 cm³/mol. The fourth-order valence-electron chi connectivity index (χ4n) is 6.86. The molecule has 0 aliphatic carbocycles. The van der Waals surface area contributed by atoms with E-state index >= 15 is 0 Å². The lowest BCUT2D eigenvalue weighted by Gasteiger charge is -2.38. The lowest BCUT2D eigenvalue weighted by atomic mass is 9.90. The number of hydrogen-bond donors (Lipinski definition) is 1. The second kappa shape index (κ2) is 18.8. The predicted octanol–water partition coefficient (Wildman–Crippen LogP) is 6.27. The third-order valence-corrected chi connectivity index (χ3v) is 10.6. The van der Waals surface area contributed by atoms with E-state index in [1.165, 1.54) is 11.3 Å². The first-order chi connectivity index (χ1) is 23.7. The highest BCUT2D eigenvalue weighted by Gasteiger charge is 2.42. The minimum Gasteiger partial charge on any atom is -0.445 e. The summed E-state index contributed by atoms with van der Waals surface area (Å²) in [4.78, 5) is 48.9. The molecule has 2 aromatic carbocycles. The molecule has 1 aliphatic heterocycles.